The monoisotopic (exact) mass is 556 g/mol. The molecular weight excluding hydrogens is 535 g/mol. The fourth-order valence-electron chi connectivity index (χ4n) is 3.78. The van der Waals surface area contributed by atoms with E-state index < -0.39 is 15.7 Å². The highest BCUT2D eigenvalue weighted by atomic mass is 35.5. The molecule has 2 amide bonds. The molecule has 3 aromatic carbocycles. The number of nitrogens with zero attached hydrogens (tertiary/aromatic N) is 1. The highest BCUT2D eigenvalue weighted by Gasteiger charge is 2.26. The van der Waals surface area contributed by atoms with Crippen molar-refractivity contribution in [2.75, 3.05) is 5.32 Å². The second-order valence-corrected chi connectivity index (χ2v) is 10.9. The predicted molar refractivity (Wildman–Crippen MR) is 141 cm³/mol. The first-order valence-electron chi connectivity index (χ1n) is 11.1. The first kappa shape index (κ1) is 26.5. The van der Waals surface area contributed by atoms with Gasteiger partial charge in [-0.2, -0.15) is 0 Å². The highest BCUT2D eigenvalue weighted by Crippen LogP contribution is 2.30. The minimum atomic E-state index is -4.00. The average molecular weight is 557 g/mol. The topological polar surface area (TPSA) is 96.7 Å². The Morgan fingerprint density at radius 3 is 2.30 bits per heavy atom. The highest BCUT2D eigenvalue weighted by molar-refractivity contribution is 7.91. The zero-order valence-corrected chi connectivity index (χ0v) is 22.0. The molecule has 37 heavy (non-hydrogen) atoms. The van der Waals surface area contributed by atoms with Crippen molar-refractivity contribution < 1.29 is 22.4 Å². The maximum Gasteiger partial charge on any atom is 0.256 e. The number of halogens is 2. The van der Waals surface area contributed by atoms with E-state index in [1.807, 2.05) is 0 Å². The minimum Gasteiger partial charge on any atom is -0.467 e. The SMILES string of the molecule is CC(=O)Nc1ccc(S(=O)(=O)c2ccc(Cl)cc2CN(Cc2ccco2)C(=O)c2ccccc2Cl)cc1. The van der Waals surface area contributed by atoms with Gasteiger partial charge in [-0.25, -0.2) is 8.42 Å². The number of furan rings is 1. The zero-order valence-electron chi connectivity index (χ0n) is 19.6. The van der Waals surface area contributed by atoms with Gasteiger partial charge in [0.15, 0.2) is 0 Å². The number of carbonyl (C=O) groups is 2. The summed E-state index contributed by atoms with van der Waals surface area (Å²) >= 11 is 12.5. The molecule has 7 nitrogen and oxygen atoms in total. The predicted octanol–water partition coefficient (Wildman–Crippen LogP) is 6.22. The summed E-state index contributed by atoms with van der Waals surface area (Å²) in [6, 6.07) is 20.3. The van der Waals surface area contributed by atoms with Crippen molar-refractivity contribution >= 4 is 50.5 Å². The summed E-state index contributed by atoms with van der Waals surface area (Å²) in [5.74, 6) is -0.152. The summed E-state index contributed by atoms with van der Waals surface area (Å²) in [4.78, 5) is 26.3. The van der Waals surface area contributed by atoms with E-state index in [0.29, 0.717) is 22.0 Å². The smallest absolute Gasteiger partial charge is 0.256 e. The number of hydrogen-bond donors (Lipinski definition) is 1. The van der Waals surface area contributed by atoms with Gasteiger partial charge < -0.3 is 14.6 Å². The minimum absolute atomic E-state index is 0.000538. The van der Waals surface area contributed by atoms with Crippen molar-refractivity contribution in [2.24, 2.45) is 0 Å². The summed E-state index contributed by atoms with van der Waals surface area (Å²) < 4.78 is 32.7. The molecule has 0 bridgehead atoms. The lowest BCUT2D eigenvalue weighted by atomic mass is 10.1. The maximum atomic E-state index is 13.6. The molecule has 1 aromatic heterocycles. The van der Waals surface area contributed by atoms with E-state index in [0.717, 1.165) is 0 Å². The molecule has 4 aromatic rings. The Balaban J connectivity index is 1.73. The summed E-state index contributed by atoms with van der Waals surface area (Å²) in [7, 11) is -4.00. The van der Waals surface area contributed by atoms with Gasteiger partial charge in [-0.3, -0.25) is 9.59 Å². The summed E-state index contributed by atoms with van der Waals surface area (Å²) in [6.45, 7) is 1.36. The van der Waals surface area contributed by atoms with Crippen LogP contribution in [-0.4, -0.2) is 25.1 Å². The maximum absolute atomic E-state index is 13.6. The Morgan fingerprint density at radius 1 is 0.919 bits per heavy atom. The van der Waals surface area contributed by atoms with E-state index in [-0.39, 0.29) is 39.4 Å². The summed E-state index contributed by atoms with van der Waals surface area (Å²) in [5, 5.41) is 3.20. The molecule has 0 aliphatic carbocycles. The van der Waals surface area contributed by atoms with E-state index in [1.54, 1.807) is 36.4 Å². The van der Waals surface area contributed by atoms with Gasteiger partial charge in [0.25, 0.3) is 5.91 Å². The van der Waals surface area contributed by atoms with Crippen LogP contribution in [0.1, 0.15) is 28.6 Å². The molecule has 0 atom stereocenters. The van der Waals surface area contributed by atoms with Crippen molar-refractivity contribution in [1.29, 1.82) is 0 Å². The first-order valence-corrected chi connectivity index (χ1v) is 13.4. The van der Waals surface area contributed by atoms with Crippen molar-refractivity contribution in [2.45, 2.75) is 29.8 Å². The molecule has 0 saturated carbocycles. The number of rotatable bonds is 8. The first-order chi connectivity index (χ1) is 17.6. The van der Waals surface area contributed by atoms with Crippen LogP contribution in [-0.2, 0) is 27.7 Å². The largest absolute Gasteiger partial charge is 0.467 e. The molecule has 190 valence electrons. The third-order valence-corrected chi connectivity index (χ3v) is 7.91. The molecule has 0 saturated heterocycles. The van der Waals surface area contributed by atoms with Crippen LogP contribution < -0.4 is 5.32 Å². The van der Waals surface area contributed by atoms with E-state index in [2.05, 4.69) is 5.32 Å². The van der Waals surface area contributed by atoms with Crippen molar-refractivity contribution in [3.8, 4) is 0 Å². The Kier molecular flexibility index (Phi) is 8.02. The van der Waals surface area contributed by atoms with E-state index in [1.165, 1.54) is 60.6 Å². The van der Waals surface area contributed by atoms with E-state index in [4.69, 9.17) is 27.6 Å². The van der Waals surface area contributed by atoms with Gasteiger partial charge in [-0.05, 0) is 72.3 Å². The van der Waals surface area contributed by atoms with Crippen LogP contribution >= 0.6 is 23.2 Å². The lowest BCUT2D eigenvalue weighted by molar-refractivity contribution is -0.114. The molecule has 1 N–H and O–H groups in total. The van der Waals surface area contributed by atoms with Crippen molar-refractivity contribution in [1.82, 2.24) is 4.90 Å². The van der Waals surface area contributed by atoms with Crippen LogP contribution in [0.3, 0.4) is 0 Å². The van der Waals surface area contributed by atoms with Gasteiger partial charge in [0.2, 0.25) is 15.7 Å². The quantitative estimate of drug-likeness (QED) is 0.278. The molecule has 0 spiro atoms. The van der Waals surface area contributed by atoms with Crippen LogP contribution in [0.15, 0.2) is 99.3 Å². The molecule has 0 aliphatic rings. The van der Waals surface area contributed by atoms with Gasteiger partial charge in [0.05, 0.1) is 33.2 Å². The molecule has 0 radical (unpaired) electrons. The number of benzene rings is 3. The Morgan fingerprint density at radius 2 is 1.65 bits per heavy atom. The van der Waals surface area contributed by atoms with Crippen LogP contribution in [0, 0.1) is 0 Å². The summed E-state index contributed by atoms with van der Waals surface area (Å²) in [5.41, 5.74) is 1.07. The normalized spacial score (nSPS) is 11.2. The molecule has 0 fully saturated rings. The Bertz CT molecular complexity index is 1540. The van der Waals surface area contributed by atoms with Crippen LogP contribution in [0.25, 0.3) is 0 Å². The molecule has 10 heteroatoms. The van der Waals surface area contributed by atoms with E-state index >= 15 is 0 Å². The Hall–Kier alpha value is -3.59. The second-order valence-electron chi connectivity index (χ2n) is 8.18. The lowest BCUT2D eigenvalue weighted by Gasteiger charge is -2.24. The number of anilines is 1. The fraction of sp³-hybridized carbons (Fsp3) is 0.111. The van der Waals surface area contributed by atoms with Gasteiger partial charge in [0.1, 0.15) is 5.76 Å². The molecule has 4 rings (SSSR count). The number of hydrogen-bond acceptors (Lipinski definition) is 5. The molecular formula is C27H22Cl2N2O5S. The van der Waals surface area contributed by atoms with Gasteiger partial charge in [-0.15, -0.1) is 0 Å². The molecule has 0 aliphatic heterocycles. The van der Waals surface area contributed by atoms with Crippen molar-refractivity contribution in [3.05, 3.63) is 112 Å². The van der Waals surface area contributed by atoms with Crippen LogP contribution in [0.2, 0.25) is 10.0 Å². The fourth-order valence-corrected chi connectivity index (χ4v) is 5.66. The average Bonchev–Trinajstić information content (AvgIpc) is 3.37. The molecule has 1 heterocycles. The number of carbonyl (C=O) groups excluding carboxylic acids is 2. The standard InChI is InChI=1S/C27H22Cl2N2O5S/c1-18(32)30-21-9-11-23(12-10-21)37(34,35)26-13-8-20(28)15-19(26)16-31(17-22-5-4-14-36-22)27(33)24-6-2-3-7-25(24)29/h2-15H,16-17H2,1H3,(H,30,32). The number of sulfone groups is 1. The van der Waals surface area contributed by atoms with Crippen LogP contribution in [0.4, 0.5) is 5.69 Å². The Labute approximate surface area is 224 Å². The zero-order chi connectivity index (χ0) is 26.6. The van der Waals surface area contributed by atoms with E-state index in [9.17, 15) is 18.0 Å². The number of amides is 2. The van der Waals surface area contributed by atoms with Crippen molar-refractivity contribution in [3.63, 3.8) is 0 Å². The van der Waals surface area contributed by atoms with Gasteiger partial charge >= 0.3 is 0 Å². The molecule has 0 unspecified atom stereocenters. The van der Waals surface area contributed by atoms with Gasteiger partial charge in [-0.1, -0.05) is 35.3 Å². The van der Waals surface area contributed by atoms with Gasteiger partial charge in [0, 0.05) is 24.2 Å². The third-order valence-electron chi connectivity index (χ3n) is 5.48. The number of nitrogens with one attached hydrogen (secondary N) is 1. The third kappa shape index (κ3) is 6.22. The lowest BCUT2D eigenvalue weighted by Crippen LogP contribution is -2.31. The second kappa shape index (κ2) is 11.2. The van der Waals surface area contributed by atoms with Crippen LogP contribution in [0.5, 0.6) is 0 Å². The summed E-state index contributed by atoms with van der Waals surface area (Å²) in [6.07, 6.45) is 1.49.